The topological polar surface area (TPSA) is 12.0 Å². The standard InChI is InChI=1S/C15H33N/c1-4-6-8-9-10-11-13-16-14-15(3)12-7-5-2/h15-16H,4-14H2,1-3H3. The second kappa shape index (κ2) is 13.0. The molecule has 0 aliphatic rings. The van der Waals surface area contributed by atoms with Gasteiger partial charge < -0.3 is 5.32 Å². The molecule has 0 saturated carbocycles. The van der Waals surface area contributed by atoms with Gasteiger partial charge in [0.05, 0.1) is 0 Å². The molecule has 1 atom stereocenters. The number of hydrogen-bond acceptors (Lipinski definition) is 1. The highest BCUT2D eigenvalue weighted by Gasteiger charge is 1.99. The van der Waals surface area contributed by atoms with Gasteiger partial charge in [0, 0.05) is 0 Å². The van der Waals surface area contributed by atoms with E-state index in [1.54, 1.807) is 0 Å². The van der Waals surface area contributed by atoms with Crippen LogP contribution in [0.5, 0.6) is 0 Å². The molecule has 16 heavy (non-hydrogen) atoms. The van der Waals surface area contributed by atoms with Gasteiger partial charge in [-0.1, -0.05) is 65.7 Å². The van der Waals surface area contributed by atoms with Crippen molar-refractivity contribution in [3.8, 4) is 0 Å². The Morgan fingerprint density at radius 3 is 2.12 bits per heavy atom. The van der Waals surface area contributed by atoms with E-state index >= 15 is 0 Å². The van der Waals surface area contributed by atoms with Gasteiger partial charge in [-0.3, -0.25) is 0 Å². The fourth-order valence-corrected chi connectivity index (χ4v) is 2.03. The average molecular weight is 227 g/mol. The van der Waals surface area contributed by atoms with E-state index in [0.29, 0.717) is 0 Å². The molecule has 0 spiro atoms. The summed E-state index contributed by atoms with van der Waals surface area (Å²) in [5.74, 6) is 0.861. The molecule has 1 N–H and O–H groups in total. The zero-order chi connectivity index (χ0) is 12.1. The first-order valence-corrected chi connectivity index (χ1v) is 7.52. The molecule has 0 bridgehead atoms. The summed E-state index contributed by atoms with van der Waals surface area (Å²) in [6, 6.07) is 0. The third-order valence-electron chi connectivity index (χ3n) is 3.25. The Balaban J connectivity index is 3.02. The maximum absolute atomic E-state index is 3.58. The molecular weight excluding hydrogens is 194 g/mol. The first-order chi connectivity index (χ1) is 7.81. The van der Waals surface area contributed by atoms with Gasteiger partial charge in [0.1, 0.15) is 0 Å². The van der Waals surface area contributed by atoms with Crippen LogP contribution in [0.25, 0.3) is 0 Å². The van der Waals surface area contributed by atoms with E-state index in [-0.39, 0.29) is 0 Å². The fraction of sp³-hybridized carbons (Fsp3) is 1.00. The molecule has 0 amide bonds. The van der Waals surface area contributed by atoms with Crippen LogP contribution in [0, 0.1) is 5.92 Å². The van der Waals surface area contributed by atoms with Crippen LogP contribution in [0.4, 0.5) is 0 Å². The Labute approximate surface area is 103 Å². The van der Waals surface area contributed by atoms with Gasteiger partial charge in [-0.05, 0) is 31.8 Å². The molecule has 0 aromatic rings. The third-order valence-corrected chi connectivity index (χ3v) is 3.25. The molecule has 98 valence electrons. The van der Waals surface area contributed by atoms with Crippen LogP contribution in [0.1, 0.15) is 78.6 Å². The maximum atomic E-state index is 3.58. The summed E-state index contributed by atoms with van der Waals surface area (Å²) in [6.45, 7) is 9.36. The number of unbranched alkanes of at least 4 members (excludes halogenated alkanes) is 6. The molecule has 1 heteroatoms. The van der Waals surface area contributed by atoms with Crippen molar-refractivity contribution in [2.24, 2.45) is 5.92 Å². The van der Waals surface area contributed by atoms with E-state index in [1.807, 2.05) is 0 Å². The summed E-state index contributed by atoms with van der Waals surface area (Å²) < 4.78 is 0. The first kappa shape index (κ1) is 16.0. The third kappa shape index (κ3) is 12.0. The normalized spacial score (nSPS) is 12.9. The predicted octanol–water partition coefficient (Wildman–Crippen LogP) is 4.76. The highest BCUT2D eigenvalue weighted by atomic mass is 14.8. The highest BCUT2D eigenvalue weighted by Crippen LogP contribution is 2.06. The second-order valence-electron chi connectivity index (χ2n) is 5.22. The molecule has 0 fully saturated rings. The minimum atomic E-state index is 0.861. The zero-order valence-corrected chi connectivity index (χ0v) is 11.9. The number of nitrogens with one attached hydrogen (secondary N) is 1. The monoisotopic (exact) mass is 227 g/mol. The van der Waals surface area contributed by atoms with E-state index in [1.165, 1.54) is 70.9 Å². The molecule has 0 aromatic heterocycles. The van der Waals surface area contributed by atoms with Crippen LogP contribution in [-0.2, 0) is 0 Å². The predicted molar refractivity (Wildman–Crippen MR) is 74.9 cm³/mol. The van der Waals surface area contributed by atoms with Crippen molar-refractivity contribution in [3.05, 3.63) is 0 Å². The van der Waals surface area contributed by atoms with Crippen LogP contribution in [-0.4, -0.2) is 13.1 Å². The summed E-state index contributed by atoms with van der Waals surface area (Å²) >= 11 is 0. The Bertz CT molecular complexity index is 123. The Kier molecular flexibility index (Phi) is 13.0. The van der Waals surface area contributed by atoms with Crippen LogP contribution in [0.3, 0.4) is 0 Å². The molecule has 1 unspecified atom stereocenters. The summed E-state index contributed by atoms with van der Waals surface area (Å²) in [5, 5.41) is 3.58. The molecule has 0 heterocycles. The van der Waals surface area contributed by atoms with Crippen molar-refractivity contribution in [1.29, 1.82) is 0 Å². The van der Waals surface area contributed by atoms with Crippen molar-refractivity contribution in [2.45, 2.75) is 78.6 Å². The SMILES string of the molecule is CCCCCCCCNCC(C)CCCC. The van der Waals surface area contributed by atoms with Gasteiger partial charge in [-0.15, -0.1) is 0 Å². The summed E-state index contributed by atoms with van der Waals surface area (Å²) in [5.41, 5.74) is 0. The number of hydrogen-bond donors (Lipinski definition) is 1. The van der Waals surface area contributed by atoms with E-state index in [9.17, 15) is 0 Å². The Morgan fingerprint density at radius 1 is 0.812 bits per heavy atom. The van der Waals surface area contributed by atoms with Crippen LogP contribution < -0.4 is 5.32 Å². The fourth-order valence-electron chi connectivity index (χ4n) is 2.03. The lowest BCUT2D eigenvalue weighted by Gasteiger charge is -2.11. The minimum absolute atomic E-state index is 0.861. The van der Waals surface area contributed by atoms with Gasteiger partial charge >= 0.3 is 0 Å². The molecule has 0 aliphatic heterocycles. The molecule has 1 nitrogen and oxygen atoms in total. The van der Waals surface area contributed by atoms with Crippen molar-refractivity contribution in [2.75, 3.05) is 13.1 Å². The van der Waals surface area contributed by atoms with Crippen molar-refractivity contribution in [1.82, 2.24) is 5.32 Å². The quantitative estimate of drug-likeness (QED) is 0.474. The van der Waals surface area contributed by atoms with Crippen LogP contribution in [0.2, 0.25) is 0 Å². The molecule has 0 radical (unpaired) electrons. The molecule has 0 aliphatic carbocycles. The van der Waals surface area contributed by atoms with Crippen molar-refractivity contribution >= 4 is 0 Å². The van der Waals surface area contributed by atoms with E-state index < -0.39 is 0 Å². The number of rotatable bonds is 12. The van der Waals surface area contributed by atoms with Gasteiger partial charge in [-0.2, -0.15) is 0 Å². The molecule has 0 saturated heterocycles. The van der Waals surface area contributed by atoms with Crippen molar-refractivity contribution < 1.29 is 0 Å². The zero-order valence-electron chi connectivity index (χ0n) is 11.9. The Hall–Kier alpha value is -0.0400. The molecular formula is C15H33N. The maximum Gasteiger partial charge on any atom is -0.00232 e. The summed E-state index contributed by atoms with van der Waals surface area (Å²) in [6.07, 6.45) is 12.5. The highest BCUT2D eigenvalue weighted by molar-refractivity contribution is 4.57. The lowest BCUT2D eigenvalue weighted by Crippen LogP contribution is -2.22. The van der Waals surface area contributed by atoms with E-state index in [2.05, 4.69) is 26.1 Å². The van der Waals surface area contributed by atoms with Crippen LogP contribution in [0.15, 0.2) is 0 Å². The second-order valence-corrected chi connectivity index (χ2v) is 5.22. The van der Waals surface area contributed by atoms with Gasteiger partial charge in [-0.25, -0.2) is 0 Å². The minimum Gasteiger partial charge on any atom is -0.316 e. The average Bonchev–Trinajstić information content (AvgIpc) is 2.30. The van der Waals surface area contributed by atoms with E-state index in [4.69, 9.17) is 0 Å². The van der Waals surface area contributed by atoms with E-state index in [0.717, 1.165) is 5.92 Å². The van der Waals surface area contributed by atoms with Gasteiger partial charge in [0.15, 0.2) is 0 Å². The smallest absolute Gasteiger partial charge is 0.00232 e. The molecule has 0 rings (SSSR count). The van der Waals surface area contributed by atoms with Gasteiger partial charge in [0.25, 0.3) is 0 Å². The van der Waals surface area contributed by atoms with Crippen LogP contribution >= 0.6 is 0 Å². The summed E-state index contributed by atoms with van der Waals surface area (Å²) in [4.78, 5) is 0. The summed E-state index contributed by atoms with van der Waals surface area (Å²) in [7, 11) is 0. The molecule has 0 aromatic carbocycles. The van der Waals surface area contributed by atoms with Crippen molar-refractivity contribution in [3.63, 3.8) is 0 Å². The lowest BCUT2D eigenvalue weighted by atomic mass is 10.0. The lowest BCUT2D eigenvalue weighted by molar-refractivity contribution is 0.456. The largest absolute Gasteiger partial charge is 0.316 e. The van der Waals surface area contributed by atoms with Gasteiger partial charge in [0.2, 0.25) is 0 Å². The first-order valence-electron chi connectivity index (χ1n) is 7.52. The Morgan fingerprint density at radius 2 is 1.44 bits per heavy atom.